The van der Waals surface area contributed by atoms with Crippen LogP contribution < -0.4 is 4.90 Å². The molecule has 0 saturated carbocycles. The highest BCUT2D eigenvalue weighted by molar-refractivity contribution is 6.13. The number of aromatic nitrogens is 2. The van der Waals surface area contributed by atoms with Crippen LogP contribution in [0.4, 0.5) is 5.69 Å². The van der Waals surface area contributed by atoms with Crippen LogP contribution in [0, 0.1) is 6.92 Å². The standard InChI is InChI=1S/C23H22N4/c1-16-22(26-14-13-25(3)17(26)2)23-20(15-24-16)19-11-7-8-12-21(19)27(23)18-9-5-4-6-10-18/h4-15,17H,1-3H3/t17-/m0/s1. The van der Waals surface area contributed by atoms with E-state index in [1.54, 1.807) is 0 Å². The zero-order valence-electron chi connectivity index (χ0n) is 15.8. The molecule has 0 amide bonds. The summed E-state index contributed by atoms with van der Waals surface area (Å²) < 4.78 is 2.37. The summed E-state index contributed by atoms with van der Waals surface area (Å²) >= 11 is 0. The molecule has 3 heterocycles. The summed E-state index contributed by atoms with van der Waals surface area (Å²) in [7, 11) is 2.11. The third-order valence-corrected chi connectivity index (χ3v) is 5.60. The third kappa shape index (κ3) is 2.26. The van der Waals surface area contributed by atoms with Crippen LogP contribution in [0.5, 0.6) is 0 Å². The van der Waals surface area contributed by atoms with Gasteiger partial charge in [0.15, 0.2) is 0 Å². The number of fused-ring (bicyclic) bond motifs is 3. The van der Waals surface area contributed by atoms with E-state index in [0.717, 1.165) is 5.69 Å². The maximum Gasteiger partial charge on any atom is 0.102 e. The summed E-state index contributed by atoms with van der Waals surface area (Å²) in [5.41, 5.74) is 5.79. The maximum atomic E-state index is 4.76. The zero-order chi connectivity index (χ0) is 18.5. The molecular weight excluding hydrogens is 332 g/mol. The molecule has 4 nitrogen and oxygen atoms in total. The molecule has 2 aromatic heterocycles. The first-order chi connectivity index (χ1) is 13.2. The van der Waals surface area contributed by atoms with Gasteiger partial charge in [0, 0.05) is 42.1 Å². The van der Waals surface area contributed by atoms with E-state index in [-0.39, 0.29) is 6.17 Å². The zero-order valence-corrected chi connectivity index (χ0v) is 15.8. The molecular formula is C23H22N4. The highest BCUT2D eigenvalue weighted by Gasteiger charge is 2.27. The summed E-state index contributed by atoms with van der Waals surface area (Å²) in [6, 6.07) is 19.2. The van der Waals surface area contributed by atoms with Crippen molar-refractivity contribution < 1.29 is 0 Å². The number of hydrogen-bond donors (Lipinski definition) is 0. The molecule has 1 atom stereocenters. The van der Waals surface area contributed by atoms with Gasteiger partial charge in [-0.25, -0.2) is 0 Å². The van der Waals surface area contributed by atoms with Crippen LogP contribution in [-0.4, -0.2) is 27.7 Å². The summed E-state index contributed by atoms with van der Waals surface area (Å²) in [4.78, 5) is 9.30. The van der Waals surface area contributed by atoms with E-state index in [1.165, 1.54) is 33.2 Å². The molecule has 2 aromatic carbocycles. The van der Waals surface area contributed by atoms with E-state index in [4.69, 9.17) is 4.98 Å². The first kappa shape index (κ1) is 15.9. The Morgan fingerprint density at radius 3 is 2.37 bits per heavy atom. The van der Waals surface area contributed by atoms with E-state index < -0.39 is 0 Å². The second-order valence-electron chi connectivity index (χ2n) is 7.15. The molecule has 0 N–H and O–H groups in total. The fourth-order valence-corrected chi connectivity index (χ4v) is 4.06. The first-order valence-corrected chi connectivity index (χ1v) is 9.29. The number of rotatable bonds is 2. The Morgan fingerprint density at radius 1 is 0.889 bits per heavy atom. The number of para-hydroxylation sites is 2. The van der Waals surface area contributed by atoms with Crippen molar-refractivity contribution in [3.8, 4) is 5.69 Å². The van der Waals surface area contributed by atoms with Crippen LogP contribution in [0.15, 0.2) is 73.2 Å². The van der Waals surface area contributed by atoms with E-state index in [2.05, 4.69) is 102 Å². The van der Waals surface area contributed by atoms with Gasteiger partial charge in [0.2, 0.25) is 0 Å². The van der Waals surface area contributed by atoms with Gasteiger partial charge in [-0.3, -0.25) is 4.98 Å². The second kappa shape index (κ2) is 5.88. The molecule has 4 aromatic rings. The van der Waals surface area contributed by atoms with Gasteiger partial charge in [0.1, 0.15) is 6.17 Å². The molecule has 1 aliphatic heterocycles. The molecule has 0 radical (unpaired) electrons. The van der Waals surface area contributed by atoms with E-state index in [0.29, 0.717) is 0 Å². The van der Waals surface area contributed by atoms with Crippen molar-refractivity contribution in [3.63, 3.8) is 0 Å². The van der Waals surface area contributed by atoms with Crippen molar-refractivity contribution >= 4 is 27.5 Å². The summed E-state index contributed by atoms with van der Waals surface area (Å²) in [5, 5.41) is 2.42. The minimum absolute atomic E-state index is 0.248. The van der Waals surface area contributed by atoms with Gasteiger partial charge in [0.05, 0.1) is 22.4 Å². The Balaban J connectivity index is 1.94. The normalized spacial score (nSPS) is 16.8. The molecule has 0 aliphatic carbocycles. The number of aryl methyl sites for hydroxylation is 1. The third-order valence-electron chi connectivity index (χ3n) is 5.60. The van der Waals surface area contributed by atoms with Gasteiger partial charge in [0.25, 0.3) is 0 Å². The lowest BCUT2D eigenvalue weighted by atomic mass is 10.1. The molecule has 0 unspecified atom stereocenters. The van der Waals surface area contributed by atoms with Crippen molar-refractivity contribution in [1.82, 2.24) is 14.5 Å². The minimum atomic E-state index is 0.248. The van der Waals surface area contributed by atoms with E-state index in [1.807, 2.05) is 6.20 Å². The average Bonchev–Trinajstić information content (AvgIpc) is 3.20. The molecule has 134 valence electrons. The lowest BCUT2D eigenvalue weighted by molar-refractivity contribution is 0.383. The summed E-state index contributed by atoms with van der Waals surface area (Å²) in [6.07, 6.45) is 6.54. The molecule has 0 bridgehead atoms. The van der Waals surface area contributed by atoms with Gasteiger partial charge in [-0.05, 0) is 32.0 Å². The first-order valence-electron chi connectivity index (χ1n) is 9.29. The SMILES string of the molecule is Cc1ncc2c3ccccc3n(-c3ccccc3)c2c1N1C=CN(C)[C@@H]1C. The minimum Gasteiger partial charge on any atom is -0.359 e. The van der Waals surface area contributed by atoms with Gasteiger partial charge >= 0.3 is 0 Å². The molecule has 1 aliphatic rings. The fraction of sp³-hybridized carbons (Fsp3) is 0.174. The van der Waals surface area contributed by atoms with Gasteiger partial charge in [-0.2, -0.15) is 0 Å². The Morgan fingerprint density at radius 2 is 1.63 bits per heavy atom. The van der Waals surface area contributed by atoms with Crippen molar-refractivity contribution in [2.75, 3.05) is 11.9 Å². The van der Waals surface area contributed by atoms with Crippen LogP contribution in [0.2, 0.25) is 0 Å². The Kier molecular flexibility index (Phi) is 3.47. The Labute approximate surface area is 159 Å². The molecule has 4 heteroatoms. The van der Waals surface area contributed by atoms with Gasteiger partial charge < -0.3 is 14.4 Å². The monoisotopic (exact) mass is 354 g/mol. The van der Waals surface area contributed by atoms with E-state index in [9.17, 15) is 0 Å². The van der Waals surface area contributed by atoms with E-state index >= 15 is 0 Å². The average molecular weight is 354 g/mol. The topological polar surface area (TPSA) is 24.3 Å². The summed E-state index contributed by atoms with van der Waals surface area (Å²) in [6.45, 7) is 4.31. The predicted molar refractivity (Wildman–Crippen MR) is 112 cm³/mol. The maximum absolute atomic E-state index is 4.76. The number of benzene rings is 2. The number of pyridine rings is 1. The molecule has 5 rings (SSSR count). The molecule has 0 saturated heterocycles. The largest absolute Gasteiger partial charge is 0.359 e. The van der Waals surface area contributed by atoms with Gasteiger partial charge in [-0.1, -0.05) is 36.4 Å². The smallest absolute Gasteiger partial charge is 0.102 e. The highest BCUT2D eigenvalue weighted by Crippen LogP contribution is 2.40. The summed E-state index contributed by atoms with van der Waals surface area (Å²) in [5.74, 6) is 0. The molecule has 0 fully saturated rings. The second-order valence-corrected chi connectivity index (χ2v) is 7.15. The fourth-order valence-electron chi connectivity index (χ4n) is 4.06. The number of nitrogens with zero attached hydrogens (tertiary/aromatic N) is 4. The van der Waals surface area contributed by atoms with Crippen LogP contribution >= 0.6 is 0 Å². The van der Waals surface area contributed by atoms with Crippen molar-refractivity contribution in [3.05, 3.63) is 78.9 Å². The number of anilines is 1. The van der Waals surface area contributed by atoms with Crippen LogP contribution in [-0.2, 0) is 0 Å². The molecule has 27 heavy (non-hydrogen) atoms. The van der Waals surface area contributed by atoms with Crippen molar-refractivity contribution in [1.29, 1.82) is 0 Å². The number of hydrogen-bond acceptors (Lipinski definition) is 3. The van der Waals surface area contributed by atoms with Crippen LogP contribution in [0.1, 0.15) is 12.6 Å². The lowest BCUT2D eigenvalue weighted by Crippen LogP contribution is -2.34. The molecule has 0 spiro atoms. The van der Waals surface area contributed by atoms with Crippen molar-refractivity contribution in [2.45, 2.75) is 20.0 Å². The quantitative estimate of drug-likeness (QED) is 0.503. The Bertz CT molecular complexity index is 1170. The van der Waals surface area contributed by atoms with Crippen LogP contribution in [0.3, 0.4) is 0 Å². The lowest BCUT2D eigenvalue weighted by Gasteiger charge is -2.29. The van der Waals surface area contributed by atoms with Crippen molar-refractivity contribution in [2.24, 2.45) is 0 Å². The Hall–Kier alpha value is -3.27. The van der Waals surface area contributed by atoms with Crippen LogP contribution in [0.25, 0.3) is 27.5 Å². The van der Waals surface area contributed by atoms with Gasteiger partial charge in [-0.15, -0.1) is 0 Å². The highest BCUT2D eigenvalue weighted by atomic mass is 15.4. The predicted octanol–water partition coefficient (Wildman–Crippen LogP) is 5.06.